The lowest BCUT2D eigenvalue weighted by Gasteiger charge is -2.03. The first-order chi connectivity index (χ1) is 7.86. The van der Waals surface area contributed by atoms with Gasteiger partial charge in [-0.2, -0.15) is 0 Å². The van der Waals surface area contributed by atoms with Gasteiger partial charge in [-0.1, -0.05) is 25.0 Å². The maximum Gasteiger partial charge on any atom is 0.0431 e. The van der Waals surface area contributed by atoms with Crippen LogP contribution in [0.3, 0.4) is 0 Å². The number of unbranched alkanes of at least 4 members (excludes halogenated alkanes) is 3. The Labute approximate surface area is 102 Å². The number of benzene rings is 1. The fraction of sp³-hybridized carbons (Fsp3) is 0.538. The van der Waals surface area contributed by atoms with E-state index in [9.17, 15) is 0 Å². The first-order valence-electron chi connectivity index (χ1n) is 5.89. The summed E-state index contributed by atoms with van der Waals surface area (Å²) in [6.07, 6.45) is 4.51. The Morgan fingerprint density at radius 1 is 1.12 bits per heavy atom. The quantitative estimate of drug-likeness (QED) is 0.541. The molecule has 0 atom stereocenters. The van der Waals surface area contributed by atoms with Crippen LogP contribution in [-0.4, -0.2) is 17.5 Å². The first-order valence-corrected chi connectivity index (χ1v) is 6.88. The van der Waals surface area contributed by atoms with E-state index in [1.165, 1.54) is 23.3 Å². The summed E-state index contributed by atoms with van der Waals surface area (Å²) >= 11 is 1.89. The molecule has 0 spiro atoms. The molecule has 0 aliphatic carbocycles. The van der Waals surface area contributed by atoms with Crippen LogP contribution >= 0.6 is 11.8 Å². The largest absolute Gasteiger partial charge is 0.396 e. The summed E-state index contributed by atoms with van der Waals surface area (Å²) in [5.41, 5.74) is 6.79. The van der Waals surface area contributed by atoms with Gasteiger partial charge in [-0.05, 0) is 36.3 Å². The molecule has 0 radical (unpaired) electrons. The molecule has 0 aromatic heterocycles. The van der Waals surface area contributed by atoms with Crippen molar-refractivity contribution in [3.05, 3.63) is 29.8 Å². The molecule has 16 heavy (non-hydrogen) atoms. The van der Waals surface area contributed by atoms with Crippen molar-refractivity contribution in [3.8, 4) is 0 Å². The molecule has 0 amide bonds. The molecule has 0 saturated heterocycles. The second kappa shape index (κ2) is 8.62. The Kier molecular flexibility index (Phi) is 7.30. The predicted octanol–water partition coefficient (Wildman–Crippen LogP) is 2.79. The molecule has 90 valence electrons. The molecule has 0 aliphatic rings. The monoisotopic (exact) mass is 239 g/mol. The van der Waals surface area contributed by atoms with Gasteiger partial charge in [0.15, 0.2) is 0 Å². The molecule has 2 nitrogen and oxygen atoms in total. The highest BCUT2D eigenvalue weighted by Crippen LogP contribution is 2.20. The SMILES string of the molecule is NCc1cccc(SCCCCCCO)c1. The van der Waals surface area contributed by atoms with Crippen molar-refractivity contribution in [2.75, 3.05) is 12.4 Å². The number of aliphatic hydroxyl groups is 1. The van der Waals surface area contributed by atoms with E-state index < -0.39 is 0 Å². The highest BCUT2D eigenvalue weighted by Gasteiger charge is 1.96. The fourth-order valence-electron chi connectivity index (χ4n) is 1.52. The van der Waals surface area contributed by atoms with Gasteiger partial charge < -0.3 is 10.8 Å². The second-order valence-corrected chi connectivity index (χ2v) is 5.01. The van der Waals surface area contributed by atoms with Gasteiger partial charge in [0.25, 0.3) is 0 Å². The molecule has 0 heterocycles. The smallest absolute Gasteiger partial charge is 0.0431 e. The lowest BCUT2D eigenvalue weighted by Crippen LogP contribution is -1.95. The van der Waals surface area contributed by atoms with Crippen LogP contribution in [0.2, 0.25) is 0 Å². The predicted molar refractivity (Wildman–Crippen MR) is 70.6 cm³/mol. The minimum atomic E-state index is 0.325. The van der Waals surface area contributed by atoms with Crippen LogP contribution in [0.5, 0.6) is 0 Å². The normalized spacial score (nSPS) is 10.6. The standard InChI is InChI=1S/C13H21NOS/c14-11-12-6-5-7-13(10-12)16-9-4-2-1-3-8-15/h5-7,10,15H,1-4,8-9,11,14H2. The summed E-state index contributed by atoms with van der Waals surface area (Å²) in [6.45, 7) is 0.941. The average molecular weight is 239 g/mol. The van der Waals surface area contributed by atoms with Crippen molar-refractivity contribution in [2.45, 2.75) is 37.1 Å². The van der Waals surface area contributed by atoms with Gasteiger partial charge in [-0.3, -0.25) is 0 Å². The Morgan fingerprint density at radius 3 is 2.69 bits per heavy atom. The van der Waals surface area contributed by atoms with Gasteiger partial charge in [-0.15, -0.1) is 11.8 Å². The molecular weight excluding hydrogens is 218 g/mol. The number of aliphatic hydroxyl groups excluding tert-OH is 1. The fourth-order valence-corrected chi connectivity index (χ4v) is 2.51. The second-order valence-electron chi connectivity index (χ2n) is 3.84. The van der Waals surface area contributed by atoms with Crippen LogP contribution in [0, 0.1) is 0 Å². The van der Waals surface area contributed by atoms with Crippen LogP contribution in [0.1, 0.15) is 31.2 Å². The van der Waals surface area contributed by atoms with Crippen molar-refractivity contribution in [1.82, 2.24) is 0 Å². The van der Waals surface area contributed by atoms with Gasteiger partial charge in [-0.25, -0.2) is 0 Å². The van der Waals surface area contributed by atoms with Crippen molar-refractivity contribution in [1.29, 1.82) is 0 Å². The third kappa shape index (κ3) is 5.54. The van der Waals surface area contributed by atoms with Crippen LogP contribution in [0.15, 0.2) is 29.2 Å². The lowest BCUT2D eigenvalue weighted by atomic mass is 10.2. The molecular formula is C13H21NOS. The Balaban J connectivity index is 2.16. The highest BCUT2D eigenvalue weighted by molar-refractivity contribution is 7.99. The summed E-state index contributed by atoms with van der Waals surface area (Å²) in [6, 6.07) is 8.43. The molecule has 1 rings (SSSR count). The highest BCUT2D eigenvalue weighted by atomic mass is 32.2. The summed E-state index contributed by atoms with van der Waals surface area (Å²) < 4.78 is 0. The number of nitrogens with two attached hydrogens (primary N) is 1. The van der Waals surface area contributed by atoms with Crippen molar-refractivity contribution in [3.63, 3.8) is 0 Å². The Hall–Kier alpha value is -0.510. The maximum absolute atomic E-state index is 8.64. The number of hydrogen-bond donors (Lipinski definition) is 2. The minimum Gasteiger partial charge on any atom is -0.396 e. The first kappa shape index (κ1) is 13.6. The van der Waals surface area contributed by atoms with Gasteiger partial charge in [0.1, 0.15) is 0 Å². The van der Waals surface area contributed by atoms with Crippen LogP contribution in [0.4, 0.5) is 0 Å². The van der Waals surface area contributed by atoms with Crippen LogP contribution in [0.25, 0.3) is 0 Å². The molecule has 0 saturated carbocycles. The van der Waals surface area contributed by atoms with Gasteiger partial charge in [0.2, 0.25) is 0 Å². The number of rotatable bonds is 8. The third-order valence-corrected chi connectivity index (χ3v) is 3.54. The lowest BCUT2D eigenvalue weighted by molar-refractivity contribution is 0.283. The van der Waals surface area contributed by atoms with E-state index in [4.69, 9.17) is 10.8 Å². The zero-order chi connectivity index (χ0) is 11.6. The van der Waals surface area contributed by atoms with E-state index in [-0.39, 0.29) is 0 Å². The van der Waals surface area contributed by atoms with Crippen LogP contribution < -0.4 is 5.73 Å². The molecule has 1 aromatic rings. The van der Waals surface area contributed by atoms with E-state index in [1.807, 2.05) is 11.8 Å². The maximum atomic E-state index is 8.64. The van der Waals surface area contributed by atoms with Gasteiger partial charge >= 0.3 is 0 Å². The zero-order valence-electron chi connectivity index (χ0n) is 9.69. The third-order valence-electron chi connectivity index (χ3n) is 2.46. The minimum absolute atomic E-state index is 0.325. The molecule has 3 heteroatoms. The van der Waals surface area contributed by atoms with Gasteiger partial charge in [0.05, 0.1) is 0 Å². The number of hydrogen-bond acceptors (Lipinski definition) is 3. The Bertz CT molecular complexity index is 291. The molecule has 0 fully saturated rings. The molecule has 0 aliphatic heterocycles. The average Bonchev–Trinajstić information content (AvgIpc) is 2.34. The molecule has 3 N–H and O–H groups in total. The summed E-state index contributed by atoms with van der Waals surface area (Å²) in [5.74, 6) is 1.15. The van der Waals surface area contributed by atoms with Crippen LogP contribution in [-0.2, 0) is 6.54 Å². The van der Waals surface area contributed by atoms with Crippen molar-refractivity contribution < 1.29 is 5.11 Å². The van der Waals surface area contributed by atoms with E-state index in [0.717, 1.165) is 18.6 Å². The van der Waals surface area contributed by atoms with Crippen molar-refractivity contribution in [2.24, 2.45) is 5.73 Å². The number of thioether (sulfide) groups is 1. The Morgan fingerprint density at radius 2 is 1.94 bits per heavy atom. The van der Waals surface area contributed by atoms with E-state index in [0.29, 0.717) is 13.2 Å². The van der Waals surface area contributed by atoms with E-state index >= 15 is 0 Å². The van der Waals surface area contributed by atoms with E-state index in [1.54, 1.807) is 0 Å². The van der Waals surface area contributed by atoms with Crippen molar-refractivity contribution >= 4 is 11.8 Å². The van der Waals surface area contributed by atoms with Gasteiger partial charge in [0, 0.05) is 18.0 Å². The molecule has 1 aromatic carbocycles. The molecule has 0 bridgehead atoms. The summed E-state index contributed by atoms with van der Waals surface area (Å²) in [5, 5.41) is 8.64. The molecule has 0 unspecified atom stereocenters. The topological polar surface area (TPSA) is 46.2 Å². The summed E-state index contributed by atoms with van der Waals surface area (Å²) in [7, 11) is 0. The summed E-state index contributed by atoms with van der Waals surface area (Å²) in [4.78, 5) is 1.31. The zero-order valence-corrected chi connectivity index (χ0v) is 10.5. The van der Waals surface area contributed by atoms with E-state index in [2.05, 4.69) is 24.3 Å².